The van der Waals surface area contributed by atoms with Gasteiger partial charge in [-0.05, 0) is 54.5 Å². The third-order valence-corrected chi connectivity index (χ3v) is 7.47. The van der Waals surface area contributed by atoms with Crippen LogP contribution in [0.25, 0.3) is 0 Å². The van der Waals surface area contributed by atoms with Crippen LogP contribution in [-0.4, -0.2) is 68.3 Å². The Morgan fingerprint density at radius 1 is 1.08 bits per heavy atom. The highest BCUT2D eigenvalue weighted by molar-refractivity contribution is 5.78. The summed E-state index contributed by atoms with van der Waals surface area (Å²) in [4.78, 5) is 17.9. The van der Waals surface area contributed by atoms with E-state index in [0.29, 0.717) is 19.1 Å². The summed E-state index contributed by atoms with van der Waals surface area (Å²) in [6.07, 6.45) is 6.23. The van der Waals surface area contributed by atoms with Gasteiger partial charge in [-0.25, -0.2) is 0 Å². The van der Waals surface area contributed by atoms with E-state index < -0.39 is 0 Å². The molecule has 0 aromatic heterocycles. The summed E-state index contributed by atoms with van der Waals surface area (Å²) in [5, 5.41) is 0. The number of hydrogen-bond acceptors (Lipinski definition) is 5. The Labute approximate surface area is 216 Å². The molecule has 0 N–H and O–H groups in total. The number of benzene rings is 2. The molecule has 0 bridgehead atoms. The number of methoxy groups -OCH3 is 1. The van der Waals surface area contributed by atoms with Gasteiger partial charge in [-0.2, -0.15) is 0 Å². The summed E-state index contributed by atoms with van der Waals surface area (Å²) in [5.41, 5.74) is 2.64. The Morgan fingerprint density at radius 2 is 1.83 bits per heavy atom. The first-order valence-corrected chi connectivity index (χ1v) is 13.7. The number of likely N-dealkylation sites (tertiary alicyclic amines) is 1. The smallest absolute Gasteiger partial charge is 0.236 e. The van der Waals surface area contributed by atoms with Gasteiger partial charge in [0.05, 0.1) is 20.3 Å². The molecule has 0 aliphatic carbocycles. The molecule has 6 heteroatoms. The van der Waals surface area contributed by atoms with Crippen molar-refractivity contribution < 1.29 is 19.0 Å². The molecule has 0 spiro atoms. The monoisotopic (exact) mass is 494 g/mol. The van der Waals surface area contributed by atoms with Crippen molar-refractivity contribution in [2.24, 2.45) is 0 Å². The highest BCUT2D eigenvalue weighted by atomic mass is 16.5. The van der Waals surface area contributed by atoms with Gasteiger partial charge >= 0.3 is 0 Å². The molecule has 0 saturated carbocycles. The molecule has 2 aromatic carbocycles. The Morgan fingerprint density at radius 3 is 2.56 bits per heavy atom. The number of nitrogens with zero attached hydrogens (tertiary/aromatic N) is 2. The SMILES string of the molecule is CCCCN(CCCC)C(=O)CN1C[C@H](c2ccc3c(c2)CCO3)C[C@@H]1COc1ccccc1OC. The summed E-state index contributed by atoms with van der Waals surface area (Å²) in [7, 11) is 1.66. The maximum Gasteiger partial charge on any atom is 0.236 e. The van der Waals surface area contributed by atoms with E-state index in [2.05, 4.69) is 41.8 Å². The third-order valence-electron chi connectivity index (χ3n) is 7.47. The molecule has 2 atom stereocenters. The Hall–Kier alpha value is -2.73. The molecule has 1 saturated heterocycles. The number of ether oxygens (including phenoxy) is 3. The molecular weight excluding hydrogens is 452 g/mol. The van der Waals surface area contributed by atoms with Crippen LogP contribution in [0, 0.1) is 0 Å². The Kier molecular flexibility index (Phi) is 9.51. The standard InChI is InChI=1S/C30H42N2O4/c1-4-6-15-31(16-7-5-2)30(33)21-32-20-25(23-12-13-27-24(18-23)14-17-35-27)19-26(32)22-36-29-11-9-8-10-28(29)34-3/h8-13,18,25-26H,4-7,14-17,19-22H2,1-3H3/t25-,26-/m1/s1. The maximum atomic E-state index is 13.4. The van der Waals surface area contributed by atoms with Gasteiger partial charge in [0.1, 0.15) is 12.4 Å². The minimum Gasteiger partial charge on any atom is -0.493 e. The van der Waals surface area contributed by atoms with Gasteiger partial charge in [-0.3, -0.25) is 9.69 Å². The van der Waals surface area contributed by atoms with Gasteiger partial charge in [0.2, 0.25) is 5.91 Å². The second-order valence-electron chi connectivity index (χ2n) is 10.0. The van der Waals surface area contributed by atoms with E-state index in [1.54, 1.807) is 7.11 Å². The van der Waals surface area contributed by atoms with Crippen LogP contribution in [0.1, 0.15) is 63.0 Å². The number of unbranched alkanes of at least 4 members (excludes halogenated alkanes) is 2. The van der Waals surface area contributed by atoms with Gasteiger partial charge in [0.15, 0.2) is 11.5 Å². The summed E-state index contributed by atoms with van der Waals surface area (Å²) in [6, 6.07) is 14.6. The van der Waals surface area contributed by atoms with Crippen LogP contribution >= 0.6 is 0 Å². The van der Waals surface area contributed by atoms with Crippen molar-refractivity contribution in [3.8, 4) is 17.2 Å². The normalized spacial score (nSPS) is 19.1. The van der Waals surface area contributed by atoms with Crippen LogP contribution in [0.15, 0.2) is 42.5 Å². The van der Waals surface area contributed by atoms with Gasteiger partial charge in [0.25, 0.3) is 0 Å². The third kappa shape index (κ3) is 6.52. The molecule has 2 aliphatic heterocycles. The highest BCUT2D eigenvalue weighted by Gasteiger charge is 2.35. The second kappa shape index (κ2) is 13.0. The number of carbonyl (C=O) groups excluding carboxylic acids is 1. The van der Waals surface area contributed by atoms with E-state index in [9.17, 15) is 4.79 Å². The van der Waals surface area contributed by atoms with Crippen molar-refractivity contribution in [3.05, 3.63) is 53.6 Å². The molecule has 2 aliphatic rings. The fourth-order valence-corrected chi connectivity index (χ4v) is 5.31. The van der Waals surface area contributed by atoms with Crippen LogP contribution in [0.5, 0.6) is 17.2 Å². The molecule has 4 rings (SSSR count). The number of rotatable bonds is 13. The Balaban J connectivity index is 1.48. The summed E-state index contributed by atoms with van der Waals surface area (Å²) in [6.45, 7) is 8.66. The zero-order valence-corrected chi connectivity index (χ0v) is 22.2. The highest BCUT2D eigenvalue weighted by Crippen LogP contribution is 2.36. The average molecular weight is 495 g/mol. The van der Waals surface area contributed by atoms with Crippen LogP contribution in [0.2, 0.25) is 0 Å². The first-order valence-electron chi connectivity index (χ1n) is 13.7. The van der Waals surface area contributed by atoms with E-state index in [0.717, 1.165) is 82.0 Å². The Bertz CT molecular complexity index is 987. The zero-order valence-electron chi connectivity index (χ0n) is 22.2. The lowest BCUT2D eigenvalue weighted by Crippen LogP contribution is -2.44. The predicted molar refractivity (Wildman–Crippen MR) is 143 cm³/mol. The minimum absolute atomic E-state index is 0.160. The van der Waals surface area contributed by atoms with Crippen molar-refractivity contribution in [1.29, 1.82) is 0 Å². The molecule has 196 valence electrons. The predicted octanol–water partition coefficient (Wildman–Crippen LogP) is 5.30. The number of fused-ring (bicyclic) bond motifs is 1. The first kappa shape index (κ1) is 26.3. The van der Waals surface area contributed by atoms with Crippen LogP contribution in [0.3, 0.4) is 0 Å². The molecule has 0 radical (unpaired) electrons. The number of amides is 1. The van der Waals surface area contributed by atoms with E-state index >= 15 is 0 Å². The van der Waals surface area contributed by atoms with Crippen molar-refractivity contribution in [2.75, 3.05) is 46.5 Å². The first-order chi connectivity index (χ1) is 17.6. The molecule has 2 aromatic rings. The van der Waals surface area contributed by atoms with Crippen molar-refractivity contribution in [2.45, 2.75) is 64.3 Å². The van der Waals surface area contributed by atoms with E-state index in [1.165, 1.54) is 11.1 Å². The van der Waals surface area contributed by atoms with Gasteiger partial charge < -0.3 is 19.1 Å². The lowest BCUT2D eigenvalue weighted by molar-refractivity contribution is -0.133. The summed E-state index contributed by atoms with van der Waals surface area (Å²) < 4.78 is 17.5. The largest absolute Gasteiger partial charge is 0.493 e. The second-order valence-corrected chi connectivity index (χ2v) is 10.0. The lowest BCUT2D eigenvalue weighted by Gasteiger charge is -2.28. The molecule has 1 amide bonds. The minimum atomic E-state index is 0.160. The van der Waals surface area contributed by atoms with Crippen molar-refractivity contribution >= 4 is 5.91 Å². The number of hydrogen-bond donors (Lipinski definition) is 0. The van der Waals surface area contributed by atoms with E-state index in [1.807, 2.05) is 24.3 Å². The van der Waals surface area contributed by atoms with Crippen LogP contribution in [0.4, 0.5) is 0 Å². The van der Waals surface area contributed by atoms with Gasteiger partial charge in [0, 0.05) is 32.1 Å². The molecule has 36 heavy (non-hydrogen) atoms. The molecule has 2 heterocycles. The fourth-order valence-electron chi connectivity index (χ4n) is 5.31. The number of para-hydroxylation sites is 2. The average Bonchev–Trinajstić information content (AvgIpc) is 3.54. The topological polar surface area (TPSA) is 51.2 Å². The van der Waals surface area contributed by atoms with E-state index in [-0.39, 0.29) is 11.9 Å². The van der Waals surface area contributed by atoms with Crippen LogP contribution in [-0.2, 0) is 11.2 Å². The van der Waals surface area contributed by atoms with Gasteiger partial charge in [-0.15, -0.1) is 0 Å². The maximum absolute atomic E-state index is 13.4. The fraction of sp³-hybridized carbons (Fsp3) is 0.567. The lowest BCUT2D eigenvalue weighted by atomic mass is 9.94. The van der Waals surface area contributed by atoms with Crippen molar-refractivity contribution in [1.82, 2.24) is 9.80 Å². The number of carbonyl (C=O) groups is 1. The summed E-state index contributed by atoms with van der Waals surface area (Å²) in [5.74, 6) is 3.11. The molecule has 0 unspecified atom stereocenters. The quantitative estimate of drug-likeness (QED) is 0.378. The van der Waals surface area contributed by atoms with Gasteiger partial charge in [-0.1, -0.05) is 51.0 Å². The van der Waals surface area contributed by atoms with Crippen LogP contribution < -0.4 is 14.2 Å². The molecular formula is C30H42N2O4. The summed E-state index contributed by atoms with van der Waals surface area (Å²) >= 11 is 0. The zero-order chi connectivity index (χ0) is 25.3. The van der Waals surface area contributed by atoms with E-state index in [4.69, 9.17) is 14.2 Å². The van der Waals surface area contributed by atoms with Crippen molar-refractivity contribution in [3.63, 3.8) is 0 Å². The molecule has 1 fully saturated rings. The molecule has 6 nitrogen and oxygen atoms in total.